The fraction of sp³-hybridized carbons (Fsp3) is 0.133. The summed E-state index contributed by atoms with van der Waals surface area (Å²) in [4.78, 5) is 26.6. The largest absolute Gasteiger partial charge is 0.461 e. The number of H-pyrrole nitrogens is 1. The summed E-state index contributed by atoms with van der Waals surface area (Å²) in [5.74, 6) is 1.03. The van der Waals surface area contributed by atoms with Crippen LogP contribution in [0.25, 0.3) is 11.6 Å². The number of rotatable bonds is 5. The number of hydrogen-bond acceptors (Lipinski definition) is 6. The van der Waals surface area contributed by atoms with Crippen molar-refractivity contribution in [2.24, 2.45) is 0 Å². The van der Waals surface area contributed by atoms with E-state index in [1.54, 1.807) is 19.1 Å². The highest BCUT2D eigenvalue weighted by molar-refractivity contribution is 5.94. The molecule has 122 valence electrons. The lowest BCUT2D eigenvalue weighted by Crippen LogP contribution is -2.23. The Hall–Kier alpha value is -3.49. The summed E-state index contributed by atoms with van der Waals surface area (Å²) >= 11 is 0. The number of aromatic amines is 1. The first-order chi connectivity index (χ1) is 11.5. The van der Waals surface area contributed by atoms with Crippen LogP contribution in [0, 0.1) is 17.0 Å². The van der Waals surface area contributed by atoms with E-state index in [1.807, 2.05) is 0 Å². The fourth-order valence-corrected chi connectivity index (χ4v) is 2.16. The topological polar surface area (TPSA) is 127 Å². The number of furan rings is 1. The number of aromatic nitrogens is 3. The molecule has 2 N–H and O–H groups in total. The average molecular weight is 327 g/mol. The van der Waals surface area contributed by atoms with E-state index < -0.39 is 4.92 Å². The van der Waals surface area contributed by atoms with Crippen LogP contribution in [0.4, 0.5) is 5.69 Å². The Labute approximate surface area is 135 Å². The van der Waals surface area contributed by atoms with Crippen LogP contribution in [0.1, 0.15) is 21.7 Å². The molecule has 3 rings (SSSR count). The van der Waals surface area contributed by atoms with Crippen molar-refractivity contribution in [1.29, 1.82) is 0 Å². The van der Waals surface area contributed by atoms with Gasteiger partial charge in [0.25, 0.3) is 11.6 Å². The summed E-state index contributed by atoms with van der Waals surface area (Å²) in [5.41, 5.74) is 0.737. The fourth-order valence-electron chi connectivity index (χ4n) is 2.16. The Kier molecular flexibility index (Phi) is 4.06. The summed E-state index contributed by atoms with van der Waals surface area (Å²) in [6.45, 7) is 1.73. The summed E-state index contributed by atoms with van der Waals surface area (Å²) in [5, 5.41) is 20.2. The van der Waals surface area contributed by atoms with Gasteiger partial charge in [-0.1, -0.05) is 0 Å². The van der Waals surface area contributed by atoms with Crippen LogP contribution in [0.3, 0.4) is 0 Å². The Bertz CT molecular complexity index is 885. The van der Waals surface area contributed by atoms with E-state index in [1.165, 1.54) is 24.5 Å². The highest BCUT2D eigenvalue weighted by Crippen LogP contribution is 2.19. The van der Waals surface area contributed by atoms with E-state index in [2.05, 4.69) is 20.5 Å². The second-order valence-electron chi connectivity index (χ2n) is 5.02. The van der Waals surface area contributed by atoms with Crippen molar-refractivity contribution < 1.29 is 14.1 Å². The van der Waals surface area contributed by atoms with Gasteiger partial charge in [-0.05, 0) is 31.2 Å². The van der Waals surface area contributed by atoms with Crippen molar-refractivity contribution in [2.75, 3.05) is 0 Å². The van der Waals surface area contributed by atoms with Gasteiger partial charge in [0.05, 0.1) is 17.7 Å². The smallest absolute Gasteiger partial charge is 0.272 e. The lowest BCUT2D eigenvalue weighted by Gasteiger charge is -2.04. The molecule has 0 aliphatic carbocycles. The normalized spacial score (nSPS) is 10.5. The Morgan fingerprint density at radius 3 is 2.92 bits per heavy atom. The van der Waals surface area contributed by atoms with Crippen LogP contribution in [0.15, 0.2) is 41.0 Å². The Morgan fingerprint density at radius 1 is 1.42 bits per heavy atom. The molecule has 0 bridgehead atoms. The molecule has 1 aromatic carbocycles. The van der Waals surface area contributed by atoms with Gasteiger partial charge in [-0.2, -0.15) is 0 Å². The monoisotopic (exact) mass is 327 g/mol. The summed E-state index contributed by atoms with van der Waals surface area (Å²) < 4.78 is 5.18. The number of nitrogens with one attached hydrogen (secondary N) is 2. The van der Waals surface area contributed by atoms with Crippen molar-refractivity contribution >= 4 is 11.6 Å². The predicted molar refractivity (Wildman–Crippen MR) is 83.1 cm³/mol. The first-order valence-electron chi connectivity index (χ1n) is 7.03. The van der Waals surface area contributed by atoms with Gasteiger partial charge in [-0.3, -0.25) is 20.0 Å². The molecule has 24 heavy (non-hydrogen) atoms. The molecule has 0 atom stereocenters. The molecular weight excluding hydrogens is 314 g/mol. The maximum absolute atomic E-state index is 12.1. The maximum atomic E-state index is 12.1. The zero-order valence-corrected chi connectivity index (χ0v) is 12.6. The van der Waals surface area contributed by atoms with Gasteiger partial charge in [-0.25, -0.2) is 4.98 Å². The van der Waals surface area contributed by atoms with Crippen LogP contribution < -0.4 is 5.32 Å². The van der Waals surface area contributed by atoms with Gasteiger partial charge in [0.15, 0.2) is 5.76 Å². The van der Waals surface area contributed by atoms with Crippen LogP contribution >= 0.6 is 0 Å². The van der Waals surface area contributed by atoms with E-state index in [4.69, 9.17) is 4.42 Å². The summed E-state index contributed by atoms with van der Waals surface area (Å²) in [6, 6.07) is 7.65. The lowest BCUT2D eigenvalue weighted by atomic mass is 10.1. The van der Waals surface area contributed by atoms with Crippen molar-refractivity contribution in [1.82, 2.24) is 20.5 Å². The van der Waals surface area contributed by atoms with Gasteiger partial charge in [0, 0.05) is 17.2 Å². The molecule has 0 aliphatic rings. The maximum Gasteiger partial charge on any atom is 0.272 e. The summed E-state index contributed by atoms with van der Waals surface area (Å²) in [6.07, 6.45) is 1.52. The third-order valence-electron chi connectivity index (χ3n) is 3.35. The zero-order valence-electron chi connectivity index (χ0n) is 12.6. The number of hydrogen-bond donors (Lipinski definition) is 2. The van der Waals surface area contributed by atoms with Crippen molar-refractivity contribution in [3.63, 3.8) is 0 Å². The van der Waals surface area contributed by atoms with Crippen molar-refractivity contribution in [3.05, 3.63) is 63.7 Å². The van der Waals surface area contributed by atoms with Gasteiger partial charge < -0.3 is 9.73 Å². The molecule has 2 aromatic heterocycles. The minimum Gasteiger partial charge on any atom is -0.461 e. The van der Waals surface area contributed by atoms with Gasteiger partial charge >= 0.3 is 0 Å². The molecule has 9 heteroatoms. The molecule has 0 spiro atoms. The molecule has 0 saturated heterocycles. The van der Waals surface area contributed by atoms with Crippen LogP contribution in [0.2, 0.25) is 0 Å². The minimum absolute atomic E-state index is 0.0233. The second kappa shape index (κ2) is 6.32. The molecule has 0 unspecified atom stereocenters. The number of nitrogens with zero attached hydrogens (tertiary/aromatic N) is 3. The molecule has 0 aliphatic heterocycles. The van der Waals surface area contributed by atoms with Crippen LogP contribution in [-0.2, 0) is 6.54 Å². The highest BCUT2D eigenvalue weighted by Gasteiger charge is 2.14. The highest BCUT2D eigenvalue weighted by atomic mass is 16.6. The van der Waals surface area contributed by atoms with Gasteiger partial charge in [0.1, 0.15) is 5.82 Å². The minimum atomic E-state index is -0.484. The average Bonchev–Trinajstić information content (AvgIpc) is 3.23. The third kappa shape index (κ3) is 3.14. The third-order valence-corrected chi connectivity index (χ3v) is 3.35. The van der Waals surface area contributed by atoms with Crippen molar-refractivity contribution in [3.8, 4) is 11.6 Å². The van der Waals surface area contributed by atoms with E-state index in [9.17, 15) is 14.9 Å². The number of nitro groups is 1. The van der Waals surface area contributed by atoms with E-state index in [-0.39, 0.29) is 18.1 Å². The molecule has 0 radical (unpaired) electrons. The van der Waals surface area contributed by atoms with Crippen molar-refractivity contribution in [2.45, 2.75) is 13.5 Å². The molecule has 3 aromatic rings. The molecular formula is C15H13N5O4. The second-order valence-corrected chi connectivity index (χ2v) is 5.02. The first-order valence-corrected chi connectivity index (χ1v) is 7.03. The molecule has 2 heterocycles. The Morgan fingerprint density at radius 2 is 2.25 bits per heavy atom. The number of benzene rings is 1. The summed E-state index contributed by atoms with van der Waals surface area (Å²) in [7, 11) is 0. The Balaban J connectivity index is 1.65. The lowest BCUT2D eigenvalue weighted by molar-refractivity contribution is -0.385. The number of nitro benzene ring substituents is 1. The zero-order chi connectivity index (χ0) is 17.1. The predicted octanol–water partition coefficient (Wildman–Crippen LogP) is 2.21. The van der Waals surface area contributed by atoms with E-state index in [0.29, 0.717) is 28.5 Å². The number of carbonyl (C=O) groups excluding carboxylic acids is 1. The van der Waals surface area contributed by atoms with Crippen LogP contribution in [-0.4, -0.2) is 26.0 Å². The number of aryl methyl sites for hydroxylation is 1. The molecule has 0 saturated carbocycles. The van der Waals surface area contributed by atoms with Gasteiger partial charge in [0.2, 0.25) is 5.82 Å². The van der Waals surface area contributed by atoms with E-state index >= 15 is 0 Å². The molecule has 9 nitrogen and oxygen atoms in total. The number of amides is 1. The quantitative estimate of drug-likeness (QED) is 0.546. The molecule has 0 fully saturated rings. The van der Waals surface area contributed by atoms with Crippen LogP contribution in [0.5, 0.6) is 0 Å². The molecule has 1 amide bonds. The first kappa shape index (κ1) is 15.4. The van der Waals surface area contributed by atoms with E-state index in [0.717, 1.165) is 0 Å². The van der Waals surface area contributed by atoms with Gasteiger partial charge in [-0.15, -0.1) is 5.10 Å². The SMILES string of the molecule is Cc1cc(C(=O)NCc2nc(-c3ccco3)n[nH]2)ccc1[N+](=O)[O-]. The number of carbonyl (C=O) groups is 1. The standard InChI is InChI=1S/C15H13N5O4/c1-9-7-10(4-5-11(9)20(22)23)15(21)16-8-13-17-14(19-18-13)12-3-2-6-24-12/h2-7H,8H2,1H3,(H,16,21)(H,17,18,19).